The fourth-order valence-electron chi connectivity index (χ4n) is 3.45. The molecule has 0 saturated heterocycles. The van der Waals surface area contributed by atoms with Crippen LogP contribution in [0.4, 0.5) is 0 Å². The van der Waals surface area contributed by atoms with Gasteiger partial charge >= 0.3 is 5.97 Å². The van der Waals surface area contributed by atoms with E-state index in [1.807, 2.05) is 30.3 Å². The van der Waals surface area contributed by atoms with Crippen LogP contribution < -0.4 is 5.48 Å². The van der Waals surface area contributed by atoms with E-state index < -0.39 is 29.8 Å². The van der Waals surface area contributed by atoms with Crippen LogP contribution in [-0.2, 0) is 20.8 Å². The highest BCUT2D eigenvalue weighted by Gasteiger charge is 2.39. The zero-order chi connectivity index (χ0) is 18.4. The number of hydrogen-bond donors (Lipinski definition) is 3. The number of aliphatic carboxylic acids is 1. The summed E-state index contributed by atoms with van der Waals surface area (Å²) in [5, 5.41) is 18.4. The number of carboxylic acid groups (broad SMARTS) is 1. The summed E-state index contributed by atoms with van der Waals surface area (Å²) in [5.41, 5.74) is 2.45. The zero-order valence-corrected chi connectivity index (χ0v) is 14.2. The van der Waals surface area contributed by atoms with Gasteiger partial charge in [0, 0.05) is 13.5 Å². The van der Waals surface area contributed by atoms with Crippen LogP contribution in [-0.4, -0.2) is 46.1 Å². The Morgan fingerprint density at radius 3 is 2.32 bits per heavy atom. The topological polar surface area (TPSA) is 107 Å². The second-order valence-corrected chi connectivity index (χ2v) is 6.47. The standard InChI is InChI=1S/C18H24N2O5/c1-20(17(22)13-9-5-6-10-14(13)18(23)24)15(16(21)19-25)11-12-7-3-2-4-8-12/h2-4,7-8,13-15,25H,5-6,9-11H2,1H3,(H,19,21)(H,23,24)/t13-,14+,15?/m0/s1. The van der Waals surface area contributed by atoms with Gasteiger partial charge in [-0.25, -0.2) is 5.48 Å². The van der Waals surface area contributed by atoms with E-state index in [0.717, 1.165) is 18.4 Å². The number of carbonyl (C=O) groups excluding carboxylic acids is 2. The third kappa shape index (κ3) is 4.57. The molecule has 1 saturated carbocycles. The van der Waals surface area contributed by atoms with Crippen molar-refractivity contribution in [2.24, 2.45) is 11.8 Å². The van der Waals surface area contributed by atoms with Gasteiger partial charge < -0.3 is 10.0 Å². The molecule has 1 aromatic rings. The Hall–Kier alpha value is -2.41. The van der Waals surface area contributed by atoms with E-state index in [4.69, 9.17) is 5.21 Å². The number of hydroxylamine groups is 1. The molecule has 0 aliphatic heterocycles. The maximum atomic E-state index is 12.9. The number of likely N-dealkylation sites (N-methyl/N-ethyl adjacent to an activating group) is 1. The van der Waals surface area contributed by atoms with Crippen molar-refractivity contribution in [2.45, 2.75) is 38.1 Å². The van der Waals surface area contributed by atoms with Crippen molar-refractivity contribution in [3.05, 3.63) is 35.9 Å². The van der Waals surface area contributed by atoms with Crippen molar-refractivity contribution in [1.82, 2.24) is 10.4 Å². The van der Waals surface area contributed by atoms with Gasteiger partial charge in [0.2, 0.25) is 5.91 Å². The fraction of sp³-hybridized carbons (Fsp3) is 0.500. The first-order chi connectivity index (χ1) is 12.0. The third-order valence-corrected chi connectivity index (χ3v) is 4.90. The Balaban J connectivity index is 2.19. The number of nitrogens with one attached hydrogen (secondary N) is 1. The lowest BCUT2D eigenvalue weighted by Crippen LogP contribution is -2.51. The average Bonchev–Trinajstić information content (AvgIpc) is 2.65. The Kier molecular flexibility index (Phi) is 6.52. The summed E-state index contributed by atoms with van der Waals surface area (Å²) in [6.45, 7) is 0. The summed E-state index contributed by atoms with van der Waals surface area (Å²) in [7, 11) is 1.48. The molecule has 7 nitrogen and oxygen atoms in total. The van der Waals surface area contributed by atoms with Crippen LogP contribution in [0.25, 0.3) is 0 Å². The molecule has 0 radical (unpaired) electrons. The van der Waals surface area contributed by atoms with Crippen LogP contribution in [0.15, 0.2) is 30.3 Å². The van der Waals surface area contributed by atoms with Crippen molar-refractivity contribution in [3.63, 3.8) is 0 Å². The van der Waals surface area contributed by atoms with Gasteiger partial charge in [-0.1, -0.05) is 43.2 Å². The van der Waals surface area contributed by atoms with E-state index in [1.165, 1.54) is 11.9 Å². The van der Waals surface area contributed by atoms with Crippen LogP contribution >= 0.6 is 0 Å². The van der Waals surface area contributed by atoms with Crippen LogP contribution in [0.3, 0.4) is 0 Å². The summed E-state index contributed by atoms with van der Waals surface area (Å²) < 4.78 is 0. The Bertz CT molecular complexity index is 619. The van der Waals surface area contributed by atoms with Crippen molar-refractivity contribution in [3.8, 4) is 0 Å². The van der Waals surface area contributed by atoms with Gasteiger partial charge in [-0.05, 0) is 18.4 Å². The van der Waals surface area contributed by atoms with Crippen LogP contribution in [0.5, 0.6) is 0 Å². The highest BCUT2D eigenvalue weighted by Crippen LogP contribution is 2.32. The maximum absolute atomic E-state index is 12.9. The number of hydrogen-bond acceptors (Lipinski definition) is 4. The Morgan fingerprint density at radius 1 is 1.16 bits per heavy atom. The van der Waals surface area contributed by atoms with E-state index in [-0.39, 0.29) is 12.3 Å². The van der Waals surface area contributed by atoms with Gasteiger partial charge in [-0.3, -0.25) is 19.6 Å². The molecular formula is C18H24N2O5. The average molecular weight is 348 g/mol. The predicted molar refractivity (Wildman–Crippen MR) is 89.7 cm³/mol. The molecule has 136 valence electrons. The largest absolute Gasteiger partial charge is 0.481 e. The van der Waals surface area contributed by atoms with E-state index in [1.54, 1.807) is 5.48 Å². The minimum Gasteiger partial charge on any atom is -0.481 e. The first kappa shape index (κ1) is 18.9. The zero-order valence-electron chi connectivity index (χ0n) is 14.2. The minimum absolute atomic E-state index is 0.236. The van der Waals surface area contributed by atoms with Crippen LogP contribution in [0.2, 0.25) is 0 Å². The van der Waals surface area contributed by atoms with Gasteiger partial charge in [0.1, 0.15) is 6.04 Å². The Labute approximate surface area is 146 Å². The van der Waals surface area contributed by atoms with Crippen molar-refractivity contribution < 1.29 is 24.7 Å². The number of benzene rings is 1. The number of amides is 2. The fourth-order valence-corrected chi connectivity index (χ4v) is 3.45. The number of carbonyl (C=O) groups is 3. The SMILES string of the molecule is CN(C(=O)[C@H]1CCCC[C@H]1C(=O)O)C(Cc1ccccc1)C(=O)NO. The van der Waals surface area contributed by atoms with Gasteiger partial charge in [0.25, 0.3) is 5.91 Å². The van der Waals surface area contributed by atoms with Gasteiger partial charge in [0.05, 0.1) is 11.8 Å². The molecule has 7 heteroatoms. The first-order valence-electron chi connectivity index (χ1n) is 8.43. The molecule has 0 aromatic heterocycles. The van der Waals surface area contributed by atoms with Gasteiger partial charge in [0.15, 0.2) is 0 Å². The van der Waals surface area contributed by atoms with Crippen molar-refractivity contribution >= 4 is 17.8 Å². The third-order valence-electron chi connectivity index (χ3n) is 4.90. The smallest absolute Gasteiger partial charge is 0.307 e. The molecule has 1 unspecified atom stereocenters. The maximum Gasteiger partial charge on any atom is 0.307 e. The molecule has 0 spiro atoms. The molecule has 2 amide bonds. The molecule has 3 atom stereocenters. The number of nitrogens with zero attached hydrogens (tertiary/aromatic N) is 1. The van der Waals surface area contributed by atoms with Crippen molar-refractivity contribution in [1.29, 1.82) is 0 Å². The van der Waals surface area contributed by atoms with E-state index in [2.05, 4.69) is 0 Å². The second-order valence-electron chi connectivity index (χ2n) is 6.47. The summed E-state index contributed by atoms with van der Waals surface area (Å²) in [5.74, 6) is -3.39. The van der Waals surface area contributed by atoms with E-state index >= 15 is 0 Å². The Morgan fingerprint density at radius 2 is 1.76 bits per heavy atom. The minimum atomic E-state index is -0.974. The second kappa shape index (κ2) is 8.62. The molecule has 25 heavy (non-hydrogen) atoms. The summed E-state index contributed by atoms with van der Waals surface area (Å²) in [6.07, 6.45) is 2.78. The van der Waals surface area contributed by atoms with E-state index in [0.29, 0.717) is 12.8 Å². The quantitative estimate of drug-likeness (QED) is 0.533. The number of carboxylic acids is 1. The van der Waals surface area contributed by atoms with Crippen LogP contribution in [0, 0.1) is 11.8 Å². The van der Waals surface area contributed by atoms with Gasteiger partial charge in [-0.2, -0.15) is 0 Å². The number of rotatable bonds is 6. The lowest BCUT2D eigenvalue weighted by atomic mass is 9.78. The molecule has 1 fully saturated rings. The monoisotopic (exact) mass is 348 g/mol. The molecule has 2 rings (SSSR count). The lowest BCUT2D eigenvalue weighted by molar-refractivity contribution is -0.154. The van der Waals surface area contributed by atoms with Gasteiger partial charge in [-0.15, -0.1) is 0 Å². The summed E-state index contributed by atoms with van der Waals surface area (Å²) in [4.78, 5) is 37.7. The summed E-state index contributed by atoms with van der Waals surface area (Å²) >= 11 is 0. The van der Waals surface area contributed by atoms with E-state index in [9.17, 15) is 19.5 Å². The molecule has 1 aromatic carbocycles. The molecule has 1 aliphatic carbocycles. The molecular weight excluding hydrogens is 324 g/mol. The molecule has 3 N–H and O–H groups in total. The summed E-state index contributed by atoms with van der Waals surface area (Å²) in [6, 6.07) is 8.25. The predicted octanol–water partition coefficient (Wildman–Crippen LogP) is 1.45. The first-order valence-corrected chi connectivity index (χ1v) is 8.43. The molecule has 0 heterocycles. The van der Waals surface area contributed by atoms with Crippen molar-refractivity contribution in [2.75, 3.05) is 7.05 Å². The van der Waals surface area contributed by atoms with Crippen LogP contribution in [0.1, 0.15) is 31.2 Å². The lowest BCUT2D eigenvalue weighted by Gasteiger charge is -2.34. The molecule has 1 aliphatic rings. The molecule has 0 bridgehead atoms. The highest BCUT2D eigenvalue weighted by molar-refractivity contribution is 5.90. The normalized spacial score (nSPS) is 21.2. The highest BCUT2D eigenvalue weighted by atomic mass is 16.5.